The van der Waals surface area contributed by atoms with E-state index < -0.39 is 0 Å². The van der Waals surface area contributed by atoms with Crippen LogP contribution in [0, 0.1) is 0 Å². The molecule has 8 heteroatoms. The smallest absolute Gasteiger partial charge is 0.321 e. The van der Waals surface area contributed by atoms with Gasteiger partial charge in [0.05, 0.1) is 6.26 Å². The van der Waals surface area contributed by atoms with E-state index in [1.54, 1.807) is 35.7 Å². The van der Waals surface area contributed by atoms with E-state index in [9.17, 15) is 9.59 Å². The molecule has 0 saturated carbocycles. The van der Waals surface area contributed by atoms with Crippen LogP contribution in [0.25, 0.3) is 11.6 Å². The van der Waals surface area contributed by atoms with Crippen molar-refractivity contribution in [3.8, 4) is 11.6 Å². The Morgan fingerprint density at radius 2 is 2.00 bits per heavy atom. The van der Waals surface area contributed by atoms with Crippen LogP contribution in [0.5, 0.6) is 0 Å². The van der Waals surface area contributed by atoms with Crippen molar-refractivity contribution in [2.45, 2.75) is 12.3 Å². The van der Waals surface area contributed by atoms with Gasteiger partial charge in [0.15, 0.2) is 11.6 Å². The Kier molecular flexibility index (Phi) is 3.82. The average molecular weight is 375 g/mol. The molecule has 3 amide bonds. The van der Waals surface area contributed by atoms with Crippen molar-refractivity contribution >= 4 is 23.3 Å². The second kappa shape index (κ2) is 6.49. The summed E-state index contributed by atoms with van der Waals surface area (Å²) < 4.78 is 5.32. The molecule has 1 atom stereocenters. The first-order valence-electron chi connectivity index (χ1n) is 9.04. The molecule has 0 spiro atoms. The van der Waals surface area contributed by atoms with Crippen molar-refractivity contribution in [1.29, 1.82) is 0 Å². The third kappa shape index (κ3) is 2.79. The van der Waals surface area contributed by atoms with E-state index in [-0.39, 0.29) is 17.9 Å². The first-order valence-corrected chi connectivity index (χ1v) is 9.04. The number of rotatable bonds is 3. The van der Waals surface area contributed by atoms with Crippen LogP contribution < -0.4 is 15.5 Å². The molecule has 0 aliphatic carbocycles. The lowest BCUT2D eigenvalue weighted by atomic mass is 9.86. The number of nitrogens with one attached hydrogen (secondary N) is 2. The van der Waals surface area contributed by atoms with Gasteiger partial charge in [0.1, 0.15) is 0 Å². The summed E-state index contributed by atoms with van der Waals surface area (Å²) in [5.74, 6) is 0.887. The Morgan fingerprint density at radius 3 is 2.71 bits per heavy atom. The molecule has 3 aromatic rings. The first kappa shape index (κ1) is 16.5. The monoisotopic (exact) mass is 375 g/mol. The summed E-state index contributed by atoms with van der Waals surface area (Å²) in [4.78, 5) is 34.7. The molecule has 28 heavy (non-hydrogen) atoms. The number of hydrogen-bond donors (Lipinski definition) is 2. The fourth-order valence-electron chi connectivity index (χ4n) is 3.69. The van der Waals surface area contributed by atoms with Gasteiger partial charge in [0, 0.05) is 49.2 Å². The van der Waals surface area contributed by atoms with E-state index in [0.717, 1.165) is 16.8 Å². The van der Waals surface area contributed by atoms with Gasteiger partial charge in [-0.1, -0.05) is 6.07 Å². The molecular formula is C20H17N5O3. The van der Waals surface area contributed by atoms with Gasteiger partial charge in [0.25, 0.3) is 0 Å². The van der Waals surface area contributed by atoms with Gasteiger partial charge in [-0.15, -0.1) is 0 Å². The van der Waals surface area contributed by atoms with E-state index in [4.69, 9.17) is 4.42 Å². The van der Waals surface area contributed by atoms with Gasteiger partial charge in [-0.25, -0.2) is 14.8 Å². The molecule has 1 aromatic carbocycles. The lowest BCUT2D eigenvalue weighted by molar-refractivity contribution is -0.116. The highest BCUT2D eigenvalue weighted by molar-refractivity contribution is 5.98. The summed E-state index contributed by atoms with van der Waals surface area (Å²) >= 11 is 0. The van der Waals surface area contributed by atoms with Crippen molar-refractivity contribution < 1.29 is 14.0 Å². The number of nitrogens with zero attached hydrogens (tertiary/aromatic N) is 3. The zero-order chi connectivity index (χ0) is 19.1. The van der Waals surface area contributed by atoms with Gasteiger partial charge >= 0.3 is 6.03 Å². The second-order valence-corrected chi connectivity index (χ2v) is 6.78. The molecule has 8 nitrogen and oxygen atoms in total. The van der Waals surface area contributed by atoms with Gasteiger partial charge in [-0.3, -0.25) is 9.69 Å². The number of amides is 3. The van der Waals surface area contributed by atoms with E-state index in [2.05, 4.69) is 20.6 Å². The van der Waals surface area contributed by atoms with E-state index in [1.165, 1.54) is 0 Å². The fourth-order valence-corrected chi connectivity index (χ4v) is 3.69. The zero-order valence-corrected chi connectivity index (χ0v) is 14.9. The van der Waals surface area contributed by atoms with Crippen LogP contribution in [0.3, 0.4) is 0 Å². The van der Waals surface area contributed by atoms with Gasteiger partial charge in [-0.05, 0) is 35.4 Å². The zero-order valence-electron chi connectivity index (χ0n) is 14.9. The second-order valence-electron chi connectivity index (χ2n) is 6.78. The van der Waals surface area contributed by atoms with Crippen molar-refractivity contribution in [2.75, 3.05) is 23.3 Å². The topological polar surface area (TPSA) is 100 Å². The Bertz CT molecular complexity index is 1050. The van der Waals surface area contributed by atoms with Gasteiger partial charge < -0.3 is 15.1 Å². The van der Waals surface area contributed by atoms with Crippen LogP contribution in [0.4, 0.5) is 16.2 Å². The molecule has 2 N–H and O–H groups in total. The number of benzene rings is 1. The maximum atomic E-state index is 12.3. The van der Waals surface area contributed by atoms with Gasteiger partial charge in [0.2, 0.25) is 5.91 Å². The molecular weight excluding hydrogens is 358 g/mol. The van der Waals surface area contributed by atoms with Crippen LogP contribution in [0.1, 0.15) is 23.5 Å². The largest absolute Gasteiger partial charge is 0.461 e. The lowest BCUT2D eigenvalue weighted by Gasteiger charge is -2.27. The first-order chi connectivity index (χ1) is 13.7. The molecule has 5 rings (SSSR count). The molecule has 0 radical (unpaired) electrons. The summed E-state index contributed by atoms with van der Waals surface area (Å²) in [7, 11) is 0. The van der Waals surface area contributed by atoms with Crippen LogP contribution in [-0.2, 0) is 4.79 Å². The maximum Gasteiger partial charge on any atom is 0.321 e. The summed E-state index contributed by atoms with van der Waals surface area (Å²) in [6.45, 7) is 1.22. The molecule has 2 aromatic heterocycles. The van der Waals surface area contributed by atoms with E-state index >= 15 is 0 Å². The fraction of sp³-hybridized carbons (Fsp3) is 0.200. The normalized spacial score (nSPS) is 18.6. The quantitative estimate of drug-likeness (QED) is 0.733. The van der Waals surface area contributed by atoms with Crippen molar-refractivity contribution in [1.82, 2.24) is 15.3 Å². The number of anilines is 2. The van der Waals surface area contributed by atoms with Crippen LogP contribution in [0.15, 0.2) is 53.4 Å². The highest BCUT2D eigenvalue weighted by Gasteiger charge is 2.29. The Morgan fingerprint density at radius 1 is 1.14 bits per heavy atom. The summed E-state index contributed by atoms with van der Waals surface area (Å²) in [5, 5.41) is 5.70. The molecule has 140 valence electrons. The Hall–Kier alpha value is -3.68. The highest BCUT2D eigenvalue weighted by Crippen LogP contribution is 2.39. The number of carbonyl (C=O) groups excluding carboxylic acids is 2. The maximum absolute atomic E-state index is 12.3. The number of furan rings is 1. The number of fused-ring (bicyclic) bond motifs is 1. The van der Waals surface area contributed by atoms with Gasteiger partial charge in [-0.2, -0.15) is 0 Å². The number of carbonyl (C=O) groups is 2. The molecule has 1 unspecified atom stereocenters. The lowest BCUT2D eigenvalue weighted by Crippen LogP contribution is -2.28. The number of hydrogen-bond acceptors (Lipinski definition) is 5. The predicted octanol–water partition coefficient (Wildman–Crippen LogP) is 2.74. The minimum absolute atomic E-state index is 0.0735. The number of aromatic nitrogens is 2. The third-order valence-electron chi connectivity index (χ3n) is 5.06. The molecule has 2 aliphatic rings. The molecule has 1 saturated heterocycles. The minimum atomic E-state index is -0.143. The van der Waals surface area contributed by atoms with Crippen LogP contribution >= 0.6 is 0 Å². The molecule has 4 heterocycles. The Balaban J connectivity index is 1.48. The minimum Gasteiger partial charge on any atom is -0.461 e. The van der Waals surface area contributed by atoms with Crippen LogP contribution in [0.2, 0.25) is 0 Å². The van der Waals surface area contributed by atoms with Crippen molar-refractivity contribution in [3.05, 3.63) is 60.1 Å². The molecule has 0 bridgehead atoms. The van der Waals surface area contributed by atoms with Crippen LogP contribution in [-0.4, -0.2) is 35.0 Å². The molecule has 1 fully saturated rings. The van der Waals surface area contributed by atoms with E-state index in [1.807, 2.05) is 18.2 Å². The summed E-state index contributed by atoms with van der Waals surface area (Å²) in [5.41, 5.74) is 3.32. The Labute approximate surface area is 160 Å². The molecule has 2 aliphatic heterocycles. The van der Waals surface area contributed by atoms with E-state index in [0.29, 0.717) is 36.8 Å². The van der Waals surface area contributed by atoms with Crippen molar-refractivity contribution in [3.63, 3.8) is 0 Å². The third-order valence-corrected chi connectivity index (χ3v) is 5.06. The summed E-state index contributed by atoms with van der Waals surface area (Å²) in [6.07, 6.45) is 5.37. The predicted molar refractivity (Wildman–Crippen MR) is 102 cm³/mol. The SMILES string of the molecule is O=C1CC(c2cnc(-c3ccco3)nc2)c2ccc(N3CCNC3=O)cc2N1. The highest BCUT2D eigenvalue weighted by atomic mass is 16.3. The standard InChI is InChI=1S/C20H17N5O3/c26-18-9-15(12-10-22-19(23-11-12)17-2-1-7-28-17)14-4-3-13(8-16(14)24-18)25-6-5-21-20(25)27/h1-4,7-8,10-11,15H,5-6,9H2,(H,21,27)(H,24,26). The average Bonchev–Trinajstić information content (AvgIpc) is 3.39. The van der Waals surface area contributed by atoms with Crippen molar-refractivity contribution in [2.24, 2.45) is 0 Å². The summed E-state index contributed by atoms with van der Waals surface area (Å²) in [6, 6.07) is 9.18. The number of urea groups is 1.